The maximum absolute atomic E-state index is 9.74. The summed E-state index contributed by atoms with van der Waals surface area (Å²) in [5, 5.41) is 0. The molecule has 1 nitrogen and oxygen atoms in total. The van der Waals surface area contributed by atoms with E-state index in [1.807, 2.05) is 30.3 Å². The molecule has 1 heteroatoms. The topological polar surface area (TPSA) is 19.9 Å². The van der Waals surface area contributed by atoms with Gasteiger partial charge in [0.25, 0.3) is 0 Å². The van der Waals surface area contributed by atoms with Crippen LogP contribution in [0.15, 0.2) is 36.4 Å². The third-order valence-electron chi connectivity index (χ3n) is 1.07. The third kappa shape index (κ3) is 1.90. The zero-order chi connectivity index (χ0) is 7.23. The molecule has 48 valence electrons. The minimum absolute atomic E-state index is 0.894. The van der Waals surface area contributed by atoms with Gasteiger partial charge in [-0.2, -0.15) is 0 Å². The molecule has 0 radical (unpaired) electrons. The van der Waals surface area contributed by atoms with E-state index in [0.29, 0.717) is 0 Å². The van der Waals surface area contributed by atoms with Crippen molar-refractivity contribution in [3.8, 4) is 6.15 Å². The van der Waals surface area contributed by atoms with Gasteiger partial charge in [-0.1, -0.05) is 0 Å². The van der Waals surface area contributed by atoms with E-state index in [1.165, 1.54) is 6.08 Å². The van der Waals surface area contributed by atoms with Crippen molar-refractivity contribution in [3.63, 3.8) is 0 Å². The first-order valence-corrected chi connectivity index (χ1v) is 2.94. The van der Waals surface area contributed by atoms with Gasteiger partial charge in [-0.25, -0.2) is 0 Å². The zero-order valence-electron chi connectivity index (χ0n) is 5.37. The predicted octanol–water partition coefficient (Wildman–Crippen LogP) is 1.78. The number of rotatable bonds is 1. The van der Waals surface area contributed by atoms with Crippen LogP contribution in [0.1, 0.15) is 5.56 Å². The average molecular weight is 130 g/mol. The van der Waals surface area contributed by atoms with Gasteiger partial charge in [0.15, 0.2) is 0 Å². The molecular weight excluding hydrogens is 124 g/mol. The molecule has 0 saturated carbocycles. The van der Waals surface area contributed by atoms with Crippen LogP contribution in [0.2, 0.25) is 0 Å². The van der Waals surface area contributed by atoms with Gasteiger partial charge in [-0.3, -0.25) is 0 Å². The van der Waals surface area contributed by atoms with Crippen molar-refractivity contribution in [2.24, 2.45) is 0 Å². The Morgan fingerprint density at radius 3 is 2.60 bits per heavy atom. The monoisotopic (exact) mass is 130 g/mol. The second-order valence-electron chi connectivity index (χ2n) is 1.77. The van der Waals surface area contributed by atoms with Gasteiger partial charge in [0.05, 0.1) is 0 Å². The van der Waals surface area contributed by atoms with Crippen molar-refractivity contribution < 1.29 is 4.65 Å². The molecule has 10 heavy (non-hydrogen) atoms. The van der Waals surface area contributed by atoms with Crippen LogP contribution in [0.3, 0.4) is 0 Å². The fourth-order valence-electron chi connectivity index (χ4n) is 0.647. The van der Waals surface area contributed by atoms with E-state index in [2.05, 4.69) is 6.08 Å². The molecule has 0 bridgehead atoms. The first-order valence-electron chi connectivity index (χ1n) is 2.94. The summed E-state index contributed by atoms with van der Waals surface area (Å²) in [5.74, 6) is 0. The van der Waals surface area contributed by atoms with Crippen molar-refractivity contribution >= 4 is 0 Å². The minimum atomic E-state index is 0.894. The Morgan fingerprint density at radius 1 is 1.30 bits per heavy atom. The van der Waals surface area contributed by atoms with Crippen LogP contribution < -0.4 is 0 Å². The molecule has 0 heterocycles. The van der Waals surface area contributed by atoms with Crippen LogP contribution in [-0.2, 0) is 4.65 Å². The number of allylic oxidation sites excluding steroid dienone is 1. The average Bonchev–Trinajstić information content (AvgIpc) is 2.03. The summed E-state index contributed by atoms with van der Waals surface area (Å²) < 4.78 is 9.74. The first-order chi connectivity index (χ1) is 4.93. The summed E-state index contributed by atoms with van der Waals surface area (Å²) >= 11 is 0. The third-order valence-corrected chi connectivity index (χ3v) is 1.07. The number of benzene rings is 1. The zero-order valence-corrected chi connectivity index (χ0v) is 5.37. The molecule has 0 amide bonds. The standard InChI is InChI=1S/C9H6O/c10-8-4-7-9-5-2-1-3-6-9/h1-6H. The summed E-state index contributed by atoms with van der Waals surface area (Å²) in [4.78, 5) is 0. The first kappa shape index (κ1) is 6.81. The van der Waals surface area contributed by atoms with Crippen molar-refractivity contribution in [1.29, 1.82) is 0 Å². The van der Waals surface area contributed by atoms with Crippen LogP contribution in [0.5, 0.6) is 0 Å². The molecule has 0 spiro atoms. The molecule has 0 aliphatic carbocycles. The summed E-state index contributed by atoms with van der Waals surface area (Å²) in [7, 11) is 0. The molecular formula is C9H6O. The fraction of sp³-hybridized carbons (Fsp3) is 0. The van der Waals surface area contributed by atoms with E-state index in [9.17, 15) is 4.65 Å². The second-order valence-corrected chi connectivity index (χ2v) is 1.77. The number of hydrogen-bond donors (Lipinski definition) is 0. The summed E-state index contributed by atoms with van der Waals surface area (Å²) in [6, 6.07) is 9.43. The van der Waals surface area contributed by atoms with Gasteiger partial charge in [0.1, 0.15) is 0 Å². The molecule has 0 aliphatic heterocycles. The molecule has 0 atom stereocenters. The van der Waals surface area contributed by atoms with E-state index in [1.54, 1.807) is 6.15 Å². The second kappa shape index (κ2) is 3.67. The van der Waals surface area contributed by atoms with Gasteiger partial charge >= 0.3 is 58.8 Å². The van der Waals surface area contributed by atoms with Gasteiger partial charge < -0.3 is 0 Å². The van der Waals surface area contributed by atoms with E-state index in [0.717, 1.165) is 5.56 Å². The summed E-state index contributed by atoms with van der Waals surface area (Å²) in [5.41, 5.74) is 0.894. The Labute approximate surface area is 59.7 Å². The molecule has 0 saturated heterocycles. The molecule has 0 unspecified atom stereocenters. The Morgan fingerprint density at radius 2 is 2.00 bits per heavy atom. The summed E-state index contributed by atoms with van der Waals surface area (Å²) in [6.45, 7) is 0. The summed E-state index contributed by atoms with van der Waals surface area (Å²) in [6.07, 6.45) is 5.61. The van der Waals surface area contributed by atoms with Gasteiger partial charge in [-0.05, 0) is 0 Å². The van der Waals surface area contributed by atoms with E-state index in [-0.39, 0.29) is 0 Å². The van der Waals surface area contributed by atoms with Crippen LogP contribution >= 0.6 is 0 Å². The van der Waals surface area contributed by atoms with E-state index in [4.69, 9.17) is 0 Å². The van der Waals surface area contributed by atoms with Gasteiger partial charge in [-0.15, -0.1) is 0 Å². The Balaban J connectivity index is 2.79. The van der Waals surface area contributed by atoms with Crippen molar-refractivity contribution in [1.82, 2.24) is 0 Å². The van der Waals surface area contributed by atoms with Crippen LogP contribution in [-0.4, -0.2) is 0 Å². The quantitative estimate of drug-likeness (QED) is 0.408. The van der Waals surface area contributed by atoms with E-state index >= 15 is 0 Å². The van der Waals surface area contributed by atoms with Crippen molar-refractivity contribution in [2.75, 3.05) is 0 Å². The SMILES string of the molecule is [O+]#CC=[C-]c1ccccc1. The maximum atomic E-state index is 9.74. The van der Waals surface area contributed by atoms with Crippen LogP contribution in [0, 0.1) is 12.2 Å². The number of hydrogen-bond acceptors (Lipinski definition) is 0. The molecule has 1 aromatic rings. The fourth-order valence-corrected chi connectivity index (χ4v) is 0.647. The van der Waals surface area contributed by atoms with E-state index < -0.39 is 0 Å². The normalized spacial score (nSPS) is 9.50. The molecule has 0 fully saturated rings. The van der Waals surface area contributed by atoms with Gasteiger partial charge in [0.2, 0.25) is 0 Å². The van der Waals surface area contributed by atoms with Crippen LogP contribution in [0.25, 0.3) is 0 Å². The Bertz CT molecular complexity index is 254. The van der Waals surface area contributed by atoms with Crippen molar-refractivity contribution in [2.45, 2.75) is 0 Å². The molecule has 1 rings (SSSR count). The molecule has 1 aromatic carbocycles. The molecule has 0 aromatic heterocycles. The van der Waals surface area contributed by atoms with Crippen LogP contribution in [0.4, 0.5) is 0 Å². The predicted molar refractivity (Wildman–Crippen MR) is 37.9 cm³/mol. The molecule has 0 N–H and O–H groups in total. The Hall–Kier alpha value is -1.30. The van der Waals surface area contributed by atoms with Crippen molar-refractivity contribution in [3.05, 3.63) is 48.0 Å². The Kier molecular flexibility index (Phi) is 2.50. The molecule has 0 aliphatic rings. The van der Waals surface area contributed by atoms with Gasteiger partial charge in [0, 0.05) is 0 Å².